The second kappa shape index (κ2) is 6.17. The number of hydrogen-bond donors (Lipinski definition) is 0. The highest BCUT2D eigenvalue weighted by Crippen LogP contribution is 2.05. The third kappa shape index (κ3) is 2.91. The van der Waals surface area contributed by atoms with E-state index >= 15 is 0 Å². The molecule has 0 aromatic carbocycles. The van der Waals surface area contributed by atoms with Crippen molar-refractivity contribution >= 4 is 11.6 Å². The van der Waals surface area contributed by atoms with Gasteiger partial charge in [0.2, 0.25) is 0 Å². The summed E-state index contributed by atoms with van der Waals surface area (Å²) in [6.07, 6.45) is 6.18. The van der Waals surface area contributed by atoms with Gasteiger partial charge in [-0.2, -0.15) is 0 Å². The van der Waals surface area contributed by atoms with Crippen molar-refractivity contribution in [3.8, 4) is 0 Å². The second-order valence-corrected chi connectivity index (χ2v) is 4.70. The Hall–Kier alpha value is -2.69. The van der Waals surface area contributed by atoms with Crippen LogP contribution in [0.3, 0.4) is 0 Å². The lowest BCUT2D eigenvalue weighted by Gasteiger charge is -2.18. The molecule has 0 atom stereocenters. The SMILES string of the molecule is C=CCN(CC=C)C(=O)c1cnc2cc(C)ccn2c1=O. The fourth-order valence-electron chi connectivity index (χ4n) is 2.05. The van der Waals surface area contributed by atoms with Gasteiger partial charge in [0, 0.05) is 25.5 Å². The summed E-state index contributed by atoms with van der Waals surface area (Å²) in [7, 11) is 0. The quantitative estimate of drug-likeness (QED) is 0.786. The van der Waals surface area contributed by atoms with Gasteiger partial charge in [-0.15, -0.1) is 13.2 Å². The van der Waals surface area contributed by atoms with Crippen LogP contribution in [0.1, 0.15) is 15.9 Å². The fraction of sp³-hybridized carbons (Fsp3) is 0.188. The second-order valence-electron chi connectivity index (χ2n) is 4.70. The van der Waals surface area contributed by atoms with Gasteiger partial charge in [0.15, 0.2) is 0 Å². The Balaban J connectivity index is 2.51. The fourth-order valence-corrected chi connectivity index (χ4v) is 2.05. The number of rotatable bonds is 5. The standard InChI is InChI=1S/C16H17N3O2/c1-4-7-18(8-5-2)15(20)13-11-17-14-10-12(3)6-9-19(14)16(13)21/h4-6,9-11H,1-2,7-8H2,3H3. The first-order valence-corrected chi connectivity index (χ1v) is 6.57. The zero-order valence-electron chi connectivity index (χ0n) is 12.0. The molecule has 0 aliphatic heterocycles. The number of aromatic nitrogens is 2. The number of pyridine rings is 1. The molecule has 0 aliphatic carbocycles. The lowest BCUT2D eigenvalue weighted by atomic mass is 10.2. The van der Waals surface area contributed by atoms with Crippen LogP contribution in [0.5, 0.6) is 0 Å². The number of carbonyl (C=O) groups excluding carboxylic acids is 1. The summed E-state index contributed by atoms with van der Waals surface area (Å²) >= 11 is 0. The molecule has 0 unspecified atom stereocenters. The maximum Gasteiger partial charge on any atom is 0.270 e. The number of hydrogen-bond acceptors (Lipinski definition) is 3. The van der Waals surface area contributed by atoms with Crippen LogP contribution in [-0.4, -0.2) is 33.3 Å². The highest BCUT2D eigenvalue weighted by Gasteiger charge is 2.18. The van der Waals surface area contributed by atoms with E-state index in [2.05, 4.69) is 18.1 Å². The molecule has 0 spiro atoms. The molecule has 5 heteroatoms. The van der Waals surface area contributed by atoms with Gasteiger partial charge in [-0.3, -0.25) is 14.0 Å². The van der Waals surface area contributed by atoms with Crippen molar-refractivity contribution in [3.05, 3.63) is 71.3 Å². The van der Waals surface area contributed by atoms with Crippen LogP contribution in [0, 0.1) is 6.92 Å². The van der Waals surface area contributed by atoms with Gasteiger partial charge in [-0.25, -0.2) is 4.98 Å². The number of amides is 1. The van der Waals surface area contributed by atoms with Gasteiger partial charge < -0.3 is 4.90 Å². The Morgan fingerprint density at radius 2 is 2.05 bits per heavy atom. The molecule has 0 fully saturated rings. The van der Waals surface area contributed by atoms with E-state index in [1.54, 1.807) is 30.5 Å². The summed E-state index contributed by atoms with van der Waals surface area (Å²) in [5, 5.41) is 0. The molecule has 0 bridgehead atoms. The zero-order valence-corrected chi connectivity index (χ0v) is 12.0. The van der Waals surface area contributed by atoms with Gasteiger partial charge in [0.25, 0.3) is 11.5 Å². The summed E-state index contributed by atoms with van der Waals surface area (Å²) in [4.78, 5) is 30.5. The Kier molecular flexibility index (Phi) is 4.33. The molecule has 2 aromatic heterocycles. The van der Waals surface area contributed by atoms with Crippen molar-refractivity contribution < 1.29 is 4.79 Å². The molecule has 2 aromatic rings. The molecule has 21 heavy (non-hydrogen) atoms. The molecule has 5 nitrogen and oxygen atoms in total. The minimum atomic E-state index is -0.373. The van der Waals surface area contributed by atoms with Crippen molar-refractivity contribution in [2.24, 2.45) is 0 Å². The predicted molar refractivity (Wildman–Crippen MR) is 82.5 cm³/mol. The average Bonchev–Trinajstić information content (AvgIpc) is 2.46. The molecule has 108 valence electrons. The van der Waals surface area contributed by atoms with E-state index in [9.17, 15) is 9.59 Å². The maximum atomic E-state index is 12.4. The predicted octanol–water partition coefficient (Wildman–Crippen LogP) is 1.82. The van der Waals surface area contributed by atoms with Gasteiger partial charge in [-0.1, -0.05) is 12.2 Å². The Bertz CT molecular complexity index is 752. The molecule has 0 radical (unpaired) electrons. The topological polar surface area (TPSA) is 54.7 Å². The van der Waals surface area contributed by atoms with Gasteiger partial charge in [0.05, 0.1) is 0 Å². The normalized spacial score (nSPS) is 10.3. The number of fused-ring (bicyclic) bond motifs is 1. The van der Waals surface area contributed by atoms with Crippen LogP contribution in [0.15, 0.2) is 54.6 Å². The van der Waals surface area contributed by atoms with Gasteiger partial charge >= 0.3 is 0 Å². The lowest BCUT2D eigenvalue weighted by Crippen LogP contribution is -2.36. The first kappa shape index (κ1) is 14.7. The molecule has 0 saturated heterocycles. The number of carbonyl (C=O) groups is 1. The number of aryl methyl sites for hydroxylation is 1. The molecular formula is C16H17N3O2. The van der Waals surface area contributed by atoms with Crippen LogP contribution >= 0.6 is 0 Å². The van der Waals surface area contributed by atoms with E-state index in [1.165, 1.54) is 15.5 Å². The Labute approximate surface area is 122 Å². The van der Waals surface area contributed by atoms with Crippen LogP contribution < -0.4 is 5.56 Å². The van der Waals surface area contributed by atoms with Crippen molar-refractivity contribution in [2.45, 2.75) is 6.92 Å². The lowest BCUT2D eigenvalue weighted by molar-refractivity contribution is 0.0788. The molecule has 2 rings (SSSR count). The Morgan fingerprint density at radius 3 is 2.67 bits per heavy atom. The van der Waals surface area contributed by atoms with Crippen LogP contribution in [-0.2, 0) is 0 Å². The summed E-state index contributed by atoms with van der Waals surface area (Å²) in [6.45, 7) is 9.84. The van der Waals surface area contributed by atoms with Crippen molar-refractivity contribution in [2.75, 3.05) is 13.1 Å². The van der Waals surface area contributed by atoms with Crippen molar-refractivity contribution in [1.29, 1.82) is 0 Å². The molecular weight excluding hydrogens is 266 g/mol. The minimum absolute atomic E-state index is 0.0417. The summed E-state index contributed by atoms with van der Waals surface area (Å²) in [5.74, 6) is -0.373. The van der Waals surface area contributed by atoms with Crippen LogP contribution in [0.4, 0.5) is 0 Å². The first-order valence-electron chi connectivity index (χ1n) is 6.57. The molecule has 2 heterocycles. The highest BCUT2D eigenvalue weighted by atomic mass is 16.2. The van der Waals surface area contributed by atoms with Crippen LogP contribution in [0.25, 0.3) is 5.65 Å². The summed E-state index contributed by atoms with van der Waals surface area (Å²) < 4.78 is 1.38. The minimum Gasteiger partial charge on any atom is -0.331 e. The van der Waals surface area contributed by atoms with E-state index in [0.717, 1.165) is 5.56 Å². The van der Waals surface area contributed by atoms with Crippen LogP contribution in [0.2, 0.25) is 0 Å². The summed E-state index contributed by atoms with van der Waals surface area (Å²) in [5.41, 5.74) is 1.19. The smallest absolute Gasteiger partial charge is 0.270 e. The third-order valence-electron chi connectivity index (χ3n) is 3.08. The monoisotopic (exact) mass is 283 g/mol. The van der Waals surface area contributed by atoms with Gasteiger partial charge in [0.1, 0.15) is 11.2 Å². The van der Waals surface area contributed by atoms with E-state index in [4.69, 9.17) is 0 Å². The van der Waals surface area contributed by atoms with Crippen molar-refractivity contribution in [1.82, 2.24) is 14.3 Å². The van der Waals surface area contributed by atoms with Gasteiger partial charge in [-0.05, 0) is 24.6 Å². The number of nitrogens with zero attached hydrogens (tertiary/aromatic N) is 3. The largest absolute Gasteiger partial charge is 0.331 e. The third-order valence-corrected chi connectivity index (χ3v) is 3.08. The van der Waals surface area contributed by atoms with E-state index in [0.29, 0.717) is 18.7 Å². The first-order chi connectivity index (χ1) is 10.1. The Morgan fingerprint density at radius 1 is 1.38 bits per heavy atom. The summed E-state index contributed by atoms with van der Waals surface area (Å²) in [6, 6.07) is 3.59. The van der Waals surface area contributed by atoms with E-state index < -0.39 is 0 Å². The van der Waals surface area contributed by atoms with Crippen molar-refractivity contribution in [3.63, 3.8) is 0 Å². The van der Waals surface area contributed by atoms with E-state index in [-0.39, 0.29) is 17.0 Å². The molecule has 1 amide bonds. The average molecular weight is 283 g/mol. The molecule has 0 N–H and O–H groups in total. The highest BCUT2D eigenvalue weighted by molar-refractivity contribution is 5.94. The maximum absolute atomic E-state index is 12.4. The zero-order chi connectivity index (χ0) is 15.4. The molecule has 0 aliphatic rings. The van der Waals surface area contributed by atoms with E-state index in [1.807, 2.05) is 6.92 Å². The molecule has 0 saturated carbocycles.